The van der Waals surface area contributed by atoms with E-state index in [4.69, 9.17) is 9.26 Å². The molecule has 0 N–H and O–H groups in total. The lowest BCUT2D eigenvalue weighted by molar-refractivity contribution is 0.0845. The highest BCUT2D eigenvalue weighted by Gasteiger charge is 2.29. The Morgan fingerprint density at radius 1 is 1.12 bits per heavy atom. The number of benzene rings is 2. The minimum atomic E-state index is -3.72. The molecule has 32 heavy (non-hydrogen) atoms. The molecule has 8 heteroatoms. The Morgan fingerprint density at radius 3 is 2.53 bits per heavy atom. The van der Waals surface area contributed by atoms with Crippen molar-refractivity contribution in [2.24, 2.45) is 0 Å². The minimum absolute atomic E-state index is 0.0139. The van der Waals surface area contributed by atoms with E-state index in [-0.39, 0.29) is 22.9 Å². The number of sulfonamides is 1. The normalized spacial score (nSPS) is 15.6. The molecule has 0 amide bonds. The average Bonchev–Trinajstić information content (AvgIpc) is 3.21. The van der Waals surface area contributed by atoms with Gasteiger partial charge in [0.2, 0.25) is 21.7 Å². The summed E-state index contributed by atoms with van der Waals surface area (Å²) in [4.78, 5) is 4.61. The monoisotopic (exact) mass is 455 g/mol. The van der Waals surface area contributed by atoms with Gasteiger partial charge in [0.15, 0.2) is 0 Å². The van der Waals surface area contributed by atoms with Crippen LogP contribution in [0.4, 0.5) is 0 Å². The molecule has 0 saturated heterocycles. The fourth-order valence-corrected chi connectivity index (χ4v) is 4.88. The zero-order valence-corrected chi connectivity index (χ0v) is 19.9. The molecule has 1 aromatic heterocycles. The lowest BCUT2D eigenvalue weighted by Gasteiger charge is -2.32. The summed E-state index contributed by atoms with van der Waals surface area (Å²) in [7, 11) is -2.21. The van der Waals surface area contributed by atoms with Gasteiger partial charge in [0, 0.05) is 12.6 Å². The van der Waals surface area contributed by atoms with Gasteiger partial charge >= 0.3 is 0 Å². The molecule has 7 nitrogen and oxygen atoms in total. The average molecular weight is 456 g/mol. The Kier molecular flexibility index (Phi) is 5.85. The van der Waals surface area contributed by atoms with Crippen molar-refractivity contribution in [1.29, 1.82) is 0 Å². The molecule has 3 aromatic rings. The highest BCUT2D eigenvalue weighted by atomic mass is 32.2. The third-order valence-electron chi connectivity index (χ3n) is 5.78. The zero-order valence-electron chi connectivity index (χ0n) is 19.1. The highest BCUT2D eigenvalue weighted by Crippen LogP contribution is 2.35. The van der Waals surface area contributed by atoms with Crippen LogP contribution < -0.4 is 4.74 Å². The molecule has 0 radical (unpaired) electrons. The molecule has 0 spiro atoms. The number of nitrogens with zero attached hydrogens (tertiary/aromatic N) is 3. The molecule has 4 rings (SSSR count). The Hall–Kier alpha value is -2.71. The molecule has 1 aliphatic rings. The second kappa shape index (κ2) is 8.33. The molecule has 1 aliphatic heterocycles. The van der Waals surface area contributed by atoms with Crippen LogP contribution in [-0.2, 0) is 23.0 Å². The summed E-state index contributed by atoms with van der Waals surface area (Å²) < 4.78 is 38.8. The predicted octanol–water partition coefficient (Wildman–Crippen LogP) is 4.78. The van der Waals surface area contributed by atoms with Crippen molar-refractivity contribution in [3.8, 4) is 17.1 Å². The van der Waals surface area contributed by atoms with E-state index in [1.807, 2.05) is 38.1 Å². The van der Waals surface area contributed by atoms with Crippen molar-refractivity contribution in [1.82, 2.24) is 14.4 Å². The molecule has 2 aromatic carbocycles. The van der Waals surface area contributed by atoms with Crippen LogP contribution in [0.15, 0.2) is 51.9 Å². The molecule has 0 unspecified atom stereocenters. The maximum Gasteiger partial charge on any atom is 0.243 e. The fourth-order valence-electron chi connectivity index (χ4n) is 3.70. The van der Waals surface area contributed by atoms with Gasteiger partial charge < -0.3 is 9.26 Å². The van der Waals surface area contributed by atoms with E-state index < -0.39 is 10.0 Å². The Morgan fingerprint density at radius 2 is 1.84 bits per heavy atom. The summed E-state index contributed by atoms with van der Waals surface area (Å²) in [5, 5.41) is 4.02. The van der Waals surface area contributed by atoms with Crippen molar-refractivity contribution >= 4 is 10.0 Å². The second-order valence-corrected chi connectivity index (χ2v) is 11.2. The van der Waals surface area contributed by atoms with Gasteiger partial charge in [-0.2, -0.15) is 9.29 Å². The summed E-state index contributed by atoms with van der Waals surface area (Å²) in [6.45, 7) is 8.32. The lowest BCUT2D eigenvalue weighted by atomic mass is 9.94. The molecule has 0 saturated carbocycles. The van der Waals surface area contributed by atoms with E-state index in [2.05, 4.69) is 24.0 Å². The first-order valence-corrected chi connectivity index (χ1v) is 12.2. The number of hydrogen-bond donors (Lipinski definition) is 0. The number of ether oxygens (including phenoxy) is 1. The van der Waals surface area contributed by atoms with Gasteiger partial charge in [-0.25, -0.2) is 8.42 Å². The number of rotatable bonds is 6. The van der Waals surface area contributed by atoms with E-state index in [0.29, 0.717) is 11.7 Å². The van der Waals surface area contributed by atoms with E-state index >= 15 is 0 Å². The number of aromatic nitrogens is 2. The van der Waals surface area contributed by atoms with Gasteiger partial charge in [-0.1, -0.05) is 43.3 Å². The van der Waals surface area contributed by atoms with Gasteiger partial charge in [-0.3, -0.25) is 0 Å². The fraction of sp³-hybridized carbons (Fsp3) is 0.417. The maximum absolute atomic E-state index is 13.1. The van der Waals surface area contributed by atoms with Gasteiger partial charge in [0.1, 0.15) is 11.4 Å². The lowest BCUT2D eigenvalue weighted by Crippen LogP contribution is -2.33. The SMILES string of the molecule is CC(C)c1ccc(-c2noc(CN(C)S(=O)(=O)c3ccc4c(c3)CCC(C)(C)O4)n2)cc1. The first-order chi connectivity index (χ1) is 15.0. The third kappa shape index (κ3) is 4.56. The molecular weight excluding hydrogens is 426 g/mol. The Labute approximate surface area is 189 Å². The second-order valence-electron chi connectivity index (χ2n) is 9.18. The summed E-state index contributed by atoms with van der Waals surface area (Å²) in [6.07, 6.45) is 1.61. The van der Waals surface area contributed by atoms with Crippen LogP contribution in [0.5, 0.6) is 5.75 Å². The van der Waals surface area contributed by atoms with Crippen molar-refractivity contribution < 1.29 is 17.7 Å². The van der Waals surface area contributed by atoms with Gasteiger partial charge in [0.25, 0.3) is 0 Å². The van der Waals surface area contributed by atoms with Crippen LogP contribution >= 0.6 is 0 Å². The predicted molar refractivity (Wildman–Crippen MR) is 122 cm³/mol. The summed E-state index contributed by atoms with van der Waals surface area (Å²) >= 11 is 0. The molecule has 0 fully saturated rings. The number of aryl methyl sites for hydroxylation is 1. The van der Waals surface area contributed by atoms with Crippen LogP contribution in [0.3, 0.4) is 0 Å². The molecule has 2 heterocycles. The maximum atomic E-state index is 13.1. The molecule has 0 bridgehead atoms. The van der Waals surface area contributed by atoms with Gasteiger partial charge in [0.05, 0.1) is 11.4 Å². The highest BCUT2D eigenvalue weighted by molar-refractivity contribution is 7.89. The van der Waals surface area contributed by atoms with Gasteiger partial charge in [-0.15, -0.1) is 0 Å². The topological polar surface area (TPSA) is 85.5 Å². The molecular formula is C24H29N3O4S. The standard InChI is InChI=1S/C24H29N3O4S/c1-16(2)17-6-8-18(9-7-17)23-25-22(31-26-23)15-27(5)32(28,29)20-10-11-21-19(14-20)12-13-24(3,4)30-21/h6-11,14,16H,12-13,15H2,1-5H3. The minimum Gasteiger partial charge on any atom is -0.488 e. The van der Waals surface area contributed by atoms with E-state index in [9.17, 15) is 8.42 Å². The van der Waals surface area contributed by atoms with Crippen molar-refractivity contribution in [2.75, 3.05) is 7.05 Å². The van der Waals surface area contributed by atoms with E-state index in [1.165, 1.54) is 16.9 Å². The Balaban J connectivity index is 1.50. The van der Waals surface area contributed by atoms with Crippen molar-refractivity contribution in [3.05, 3.63) is 59.5 Å². The smallest absolute Gasteiger partial charge is 0.243 e. The largest absolute Gasteiger partial charge is 0.488 e. The van der Waals surface area contributed by atoms with Crippen LogP contribution in [0.1, 0.15) is 57.1 Å². The first kappa shape index (κ1) is 22.5. The van der Waals surface area contributed by atoms with E-state index in [0.717, 1.165) is 29.7 Å². The Bertz CT molecular complexity index is 1210. The zero-order chi connectivity index (χ0) is 23.1. The number of fused-ring (bicyclic) bond motifs is 1. The van der Waals surface area contributed by atoms with Crippen LogP contribution in [0.25, 0.3) is 11.4 Å². The molecule has 0 aliphatic carbocycles. The van der Waals surface area contributed by atoms with Crippen LogP contribution in [-0.4, -0.2) is 35.5 Å². The molecule has 0 atom stereocenters. The van der Waals surface area contributed by atoms with Crippen LogP contribution in [0, 0.1) is 0 Å². The first-order valence-electron chi connectivity index (χ1n) is 10.8. The third-order valence-corrected chi connectivity index (χ3v) is 7.58. The van der Waals surface area contributed by atoms with Crippen LogP contribution in [0.2, 0.25) is 0 Å². The van der Waals surface area contributed by atoms with Gasteiger partial charge in [-0.05, 0) is 61.9 Å². The van der Waals surface area contributed by atoms with E-state index in [1.54, 1.807) is 18.2 Å². The number of hydrogen-bond acceptors (Lipinski definition) is 6. The summed E-state index contributed by atoms with van der Waals surface area (Å²) in [5.41, 5.74) is 2.72. The van der Waals surface area contributed by atoms with Crippen molar-refractivity contribution in [3.63, 3.8) is 0 Å². The summed E-state index contributed by atoms with van der Waals surface area (Å²) in [5.74, 6) is 1.86. The molecule has 170 valence electrons. The quantitative estimate of drug-likeness (QED) is 0.531. The van der Waals surface area contributed by atoms with Crippen molar-refractivity contribution in [2.45, 2.75) is 63.5 Å². The summed E-state index contributed by atoms with van der Waals surface area (Å²) in [6, 6.07) is 13.0.